The molecule has 0 unspecified atom stereocenters. The molecule has 4 amide bonds. The van der Waals surface area contributed by atoms with Crippen LogP contribution in [0.3, 0.4) is 0 Å². The van der Waals surface area contributed by atoms with Gasteiger partial charge in [-0.25, -0.2) is 4.79 Å². The van der Waals surface area contributed by atoms with E-state index < -0.39 is 12.1 Å². The normalized spacial score (nSPS) is 15.1. The molecule has 1 fully saturated rings. The lowest BCUT2D eigenvalue weighted by molar-refractivity contribution is -0.123. The minimum Gasteiger partial charge on any atom is -0.352 e. The summed E-state index contributed by atoms with van der Waals surface area (Å²) >= 11 is 1.60. The Bertz CT molecular complexity index is 621. The monoisotopic (exact) mass is 364 g/mol. The molecule has 1 atom stereocenters. The van der Waals surface area contributed by atoms with Crippen molar-refractivity contribution >= 4 is 35.3 Å². The highest BCUT2D eigenvalue weighted by molar-refractivity contribution is 7.98. The summed E-state index contributed by atoms with van der Waals surface area (Å²) in [6.07, 6.45) is 3.95. The number of hydrogen-bond acceptors (Lipinski definition) is 4. The van der Waals surface area contributed by atoms with Gasteiger partial charge < -0.3 is 21.3 Å². The van der Waals surface area contributed by atoms with Gasteiger partial charge in [-0.15, -0.1) is 0 Å². The molecule has 1 saturated heterocycles. The Morgan fingerprint density at radius 2 is 2.04 bits per heavy atom. The number of rotatable bonds is 8. The third-order valence-corrected chi connectivity index (χ3v) is 4.68. The van der Waals surface area contributed by atoms with Crippen molar-refractivity contribution < 1.29 is 14.4 Å². The van der Waals surface area contributed by atoms with E-state index in [0.29, 0.717) is 19.4 Å². The quantitative estimate of drug-likeness (QED) is 0.645. The zero-order valence-corrected chi connectivity index (χ0v) is 15.1. The first-order chi connectivity index (χ1) is 12.0. The number of thioether (sulfide) groups is 1. The van der Waals surface area contributed by atoms with Crippen LogP contribution >= 0.6 is 11.8 Å². The van der Waals surface area contributed by atoms with Gasteiger partial charge in [0.15, 0.2) is 0 Å². The van der Waals surface area contributed by atoms with Gasteiger partial charge in [-0.3, -0.25) is 9.59 Å². The first kappa shape index (κ1) is 19.1. The fraction of sp³-hybridized carbons (Fsp3) is 0.471. The minimum absolute atomic E-state index is 0.148. The highest BCUT2D eigenvalue weighted by atomic mass is 32.2. The van der Waals surface area contributed by atoms with Crippen molar-refractivity contribution in [3.8, 4) is 0 Å². The average Bonchev–Trinajstić information content (AvgIpc) is 3.02. The SMILES string of the molecule is CSCC[C@@H](NC(N)=O)C(=O)NCc1ccc(N2CCCC2=O)cc1. The molecule has 1 aromatic carbocycles. The smallest absolute Gasteiger partial charge is 0.312 e. The Labute approximate surface area is 151 Å². The number of hydrogen-bond donors (Lipinski definition) is 3. The van der Waals surface area contributed by atoms with E-state index in [9.17, 15) is 14.4 Å². The van der Waals surface area contributed by atoms with Crippen molar-refractivity contribution in [2.75, 3.05) is 23.5 Å². The highest BCUT2D eigenvalue weighted by Crippen LogP contribution is 2.21. The molecule has 1 aliphatic heterocycles. The van der Waals surface area contributed by atoms with Gasteiger partial charge in [0.05, 0.1) is 0 Å². The number of nitrogens with one attached hydrogen (secondary N) is 2. The van der Waals surface area contributed by atoms with Gasteiger partial charge in [0.2, 0.25) is 11.8 Å². The maximum atomic E-state index is 12.2. The van der Waals surface area contributed by atoms with Crippen LogP contribution in [-0.2, 0) is 16.1 Å². The molecule has 2 rings (SSSR count). The van der Waals surface area contributed by atoms with Gasteiger partial charge >= 0.3 is 6.03 Å². The molecule has 1 heterocycles. The summed E-state index contributed by atoms with van der Waals surface area (Å²) in [5.74, 6) is 0.638. The molecule has 0 spiro atoms. The van der Waals surface area contributed by atoms with Gasteiger partial charge in [-0.2, -0.15) is 11.8 Å². The lowest BCUT2D eigenvalue weighted by atomic mass is 10.1. The van der Waals surface area contributed by atoms with E-state index in [2.05, 4.69) is 10.6 Å². The number of carbonyl (C=O) groups excluding carboxylic acids is 3. The summed E-state index contributed by atoms with van der Waals surface area (Å²) in [7, 11) is 0. The van der Waals surface area contributed by atoms with Crippen LogP contribution in [0.25, 0.3) is 0 Å². The Hall–Kier alpha value is -2.22. The van der Waals surface area contributed by atoms with E-state index in [0.717, 1.165) is 30.0 Å². The molecular weight excluding hydrogens is 340 g/mol. The highest BCUT2D eigenvalue weighted by Gasteiger charge is 2.22. The van der Waals surface area contributed by atoms with E-state index in [1.54, 1.807) is 16.7 Å². The van der Waals surface area contributed by atoms with E-state index in [1.165, 1.54) is 0 Å². The maximum Gasteiger partial charge on any atom is 0.312 e. The van der Waals surface area contributed by atoms with Crippen LogP contribution in [0, 0.1) is 0 Å². The molecule has 0 radical (unpaired) electrons. The van der Waals surface area contributed by atoms with Crippen LogP contribution in [0.2, 0.25) is 0 Å². The Balaban J connectivity index is 1.89. The van der Waals surface area contributed by atoms with Crippen LogP contribution < -0.4 is 21.3 Å². The van der Waals surface area contributed by atoms with Crippen LogP contribution in [0.4, 0.5) is 10.5 Å². The van der Waals surface area contributed by atoms with Gasteiger partial charge in [0.1, 0.15) is 6.04 Å². The van der Waals surface area contributed by atoms with E-state index in [-0.39, 0.29) is 11.8 Å². The lowest BCUT2D eigenvalue weighted by Crippen LogP contribution is -2.48. The fourth-order valence-corrected chi connectivity index (χ4v) is 3.17. The molecule has 7 nitrogen and oxygen atoms in total. The molecule has 136 valence electrons. The average molecular weight is 364 g/mol. The van der Waals surface area contributed by atoms with Gasteiger partial charge in [-0.05, 0) is 42.5 Å². The van der Waals surface area contributed by atoms with E-state index in [1.807, 2.05) is 30.5 Å². The Morgan fingerprint density at radius 1 is 1.32 bits per heavy atom. The second-order valence-corrected chi connectivity index (χ2v) is 6.86. The first-order valence-electron chi connectivity index (χ1n) is 8.23. The third-order valence-electron chi connectivity index (χ3n) is 4.03. The summed E-state index contributed by atoms with van der Waals surface area (Å²) in [5.41, 5.74) is 6.93. The van der Waals surface area contributed by atoms with Gasteiger partial charge in [0, 0.05) is 25.2 Å². The molecular formula is C17H24N4O3S. The molecule has 0 aromatic heterocycles. The first-order valence-corrected chi connectivity index (χ1v) is 9.62. The molecule has 1 aliphatic rings. The van der Waals surface area contributed by atoms with Crippen molar-refractivity contribution in [2.45, 2.75) is 31.8 Å². The van der Waals surface area contributed by atoms with Crippen molar-refractivity contribution in [3.05, 3.63) is 29.8 Å². The predicted octanol–water partition coefficient (Wildman–Crippen LogP) is 1.22. The van der Waals surface area contributed by atoms with E-state index >= 15 is 0 Å². The molecule has 0 aliphatic carbocycles. The lowest BCUT2D eigenvalue weighted by Gasteiger charge is -2.18. The van der Waals surface area contributed by atoms with Gasteiger partial charge in [-0.1, -0.05) is 12.1 Å². The zero-order chi connectivity index (χ0) is 18.2. The third kappa shape index (κ3) is 5.67. The predicted molar refractivity (Wildman–Crippen MR) is 99.4 cm³/mol. The van der Waals surface area contributed by atoms with Crippen LogP contribution in [0.1, 0.15) is 24.8 Å². The van der Waals surface area contributed by atoms with Crippen LogP contribution in [0.5, 0.6) is 0 Å². The summed E-state index contributed by atoms with van der Waals surface area (Å²) in [6, 6.07) is 6.21. The molecule has 4 N–H and O–H groups in total. The number of carbonyl (C=O) groups is 3. The number of nitrogens with two attached hydrogens (primary N) is 1. The van der Waals surface area contributed by atoms with Crippen LogP contribution in [-0.4, -0.2) is 42.4 Å². The number of anilines is 1. The Morgan fingerprint density at radius 3 is 2.60 bits per heavy atom. The topological polar surface area (TPSA) is 105 Å². The summed E-state index contributed by atoms with van der Waals surface area (Å²) in [4.78, 5) is 36.8. The van der Waals surface area contributed by atoms with Crippen molar-refractivity contribution in [3.63, 3.8) is 0 Å². The number of amides is 4. The van der Waals surface area contributed by atoms with Crippen molar-refractivity contribution in [2.24, 2.45) is 5.73 Å². The molecule has 1 aromatic rings. The molecule has 0 bridgehead atoms. The summed E-state index contributed by atoms with van der Waals surface area (Å²) in [5, 5.41) is 5.28. The fourth-order valence-electron chi connectivity index (χ4n) is 2.70. The van der Waals surface area contributed by atoms with Gasteiger partial charge in [0.25, 0.3) is 0 Å². The molecule has 25 heavy (non-hydrogen) atoms. The number of nitrogens with zero attached hydrogens (tertiary/aromatic N) is 1. The largest absolute Gasteiger partial charge is 0.352 e. The Kier molecular flexibility index (Phi) is 7.12. The standard InChI is InChI=1S/C17H24N4O3S/c1-25-10-8-14(20-17(18)24)16(23)19-11-12-4-6-13(7-5-12)21-9-2-3-15(21)22/h4-7,14H,2-3,8-11H2,1H3,(H,19,23)(H3,18,20,24)/t14-/m1/s1. The molecule has 8 heteroatoms. The second-order valence-electron chi connectivity index (χ2n) is 5.88. The van der Waals surface area contributed by atoms with E-state index in [4.69, 9.17) is 5.73 Å². The number of benzene rings is 1. The number of urea groups is 1. The zero-order valence-electron chi connectivity index (χ0n) is 14.3. The van der Waals surface area contributed by atoms with Crippen LogP contribution in [0.15, 0.2) is 24.3 Å². The summed E-state index contributed by atoms with van der Waals surface area (Å²) < 4.78 is 0. The second kappa shape index (κ2) is 9.31. The molecule has 0 saturated carbocycles. The summed E-state index contributed by atoms with van der Waals surface area (Å²) in [6.45, 7) is 1.11. The maximum absolute atomic E-state index is 12.2. The minimum atomic E-state index is -0.708. The van der Waals surface area contributed by atoms with Crippen molar-refractivity contribution in [1.82, 2.24) is 10.6 Å². The number of primary amides is 1. The van der Waals surface area contributed by atoms with Crippen molar-refractivity contribution in [1.29, 1.82) is 0 Å².